The van der Waals surface area contributed by atoms with Gasteiger partial charge < -0.3 is 9.47 Å². The summed E-state index contributed by atoms with van der Waals surface area (Å²) in [7, 11) is -3.81. The van der Waals surface area contributed by atoms with Crippen molar-refractivity contribution < 1.29 is 27.5 Å². The second-order valence-electron chi connectivity index (χ2n) is 8.99. The van der Waals surface area contributed by atoms with Crippen molar-refractivity contribution in [2.45, 2.75) is 58.8 Å². The van der Waals surface area contributed by atoms with E-state index in [9.17, 15) is 18.0 Å². The first-order valence-corrected chi connectivity index (χ1v) is 10.3. The van der Waals surface area contributed by atoms with Crippen LogP contribution in [-0.4, -0.2) is 50.3 Å². The molecule has 0 amide bonds. The molecule has 7 nitrogen and oxygen atoms in total. The molecule has 0 aromatic rings. The molecule has 2 atom stereocenters. The fourth-order valence-corrected chi connectivity index (χ4v) is 6.77. The van der Waals surface area contributed by atoms with Crippen molar-refractivity contribution in [1.29, 1.82) is 0 Å². The van der Waals surface area contributed by atoms with Crippen LogP contribution in [0, 0.1) is 16.7 Å². The highest BCUT2D eigenvalue weighted by Crippen LogP contribution is 2.62. The van der Waals surface area contributed by atoms with Crippen molar-refractivity contribution in [3.05, 3.63) is 0 Å². The SMILES string of the molecule is CC1(NS(=O)(=O)CC23CCC(C(=O)C2=O)C3(C)C)COC(C)(C)OC1. The maximum Gasteiger partial charge on any atom is 0.213 e. The van der Waals surface area contributed by atoms with Gasteiger partial charge >= 0.3 is 0 Å². The van der Waals surface area contributed by atoms with E-state index < -0.39 is 43.7 Å². The number of sulfonamides is 1. The molecule has 0 aromatic heterocycles. The van der Waals surface area contributed by atoms with Crippen LogP contribution in [0.5, 0.6) is 0 Å². The van der Waals surface area contributed by atoms with Crippen molar-refractivity contribution in [3.63, 3.8) is 0 Å². The number of hydrogen-bond acceptors (Lipinski definition) is 6. The van der Waals surface area contributed by atoms with Crippen LogP contribution in [0.2, 0.25) is 0 Å². The zero-order chi connectivity index (χ0) is 18.9. The van der Waals surface area contributed by atoms with Crippen molar-refractivity contribution in [2.24, 2.45) is 16.7 Å². The van der Waals surface area contributed by atoms with Gasteiger partial charge in [0.2, 0.25) is 21.6 Å². The summed E-state index contributed by atoms with van der Waals surface area (Å²) in [6.07, 6.45) is 1.01. The third-order valence-electron chi connectivity index (χ3n) is 6.25. The van der Waals surface area contributed by atoms with Crippen LogP contribution in [0.1, 0.15) is 47.5 Å². The molecule has 3 fully saturated rings. The second-order valence-corrected chi connectivity index (χ2v) is 10.7. The lowest BCUT2D eigenvalue weighted by atomic mass is 9.70. The van der Waals surface area contributed by atoms with Gasteiger partial charge in [0, 0.05) is 5.92 Å². The summed E-state index contributed by atoms with van der Waals surface area (Å²) in [5.74, 6) is -2.43. The van der Waals surface area contributed by atoms with Crippen LogP contribution >= 0.6 is 0 Å². The Kier molecular flexibility index (Phi) is 4.05. The molecule has 0 aromatic carbocycles. The summed E-state index contributed by atoms with van der Waals surface area (Å²) in [4.78, 5) is 24.7. The van der Waals surface area contributed by atoms with Gasteiger partial charge in [-0.2, -0.15) is 0 Å². The zero-order valence-corrected chi connectivity index (χ0v) is 16.3. The average molecular weight is 373 g/mol. The van der Waals surface area contributed by atoms with E-state index in [2.05, 4.69) is 4.72 Å². The van der Waals surface area contributed by atoms with Crippen LogP contribution in [0.4, 0.5) is 0 Å². The summed E-state index contributed by atoms with van der Waals surface area (Å²) in [6.45, 7) is 9.26. The minimum absolute atomic E-state index is 0.172. The van der Waals surface area contributed by atoms with Crippen molar-refractivity contribution in [1.82, 2.24) is 4.72 Å². The van der Waals surface area contributed by atoms with Gasteiger partial charge in [0.25, 0.3) is 0 Å². The monoisotopic (exact) mass is 373 g/mol. The molecule has 8 heteroatoms. The summed E-state index contributed by atoms with van der Waals surface area (Å²) >= 11 is 0. The predicted molar refractivity (Wildman–Crippen MR) is 90.3 cm³/mol. The highest BCUT2D eigenvalue weighted by Gasteiger charge is 2.70. The number of carbonyl (C=O) groups excluding carboxylic acids is 2. The van der Waals surface area contributed by atoms with Crippen LogP contribution < -0.4 is 4.72 Å². The average Bonchev–Trinajstić information content (AvgIpc) is 2.77. The first-order chi connectivity index (χ1) is 11.2. The smallest absolute Gasteiger partial charge is 0.213 e. The molecule has 2 saturated carbocycles. The Bertz CT molecular complexity index is 715. The Balaban J connectivity index is 1.80. The zero-order valence-electron chi connectivity index (χ0n) is 15.5. The third kappa shape index (κ3) is 2.87. The molecule has 142 valence electrons. The number of ketones is 2. The second kappa shape index (κ2) is 5.34. The molecule has 2 aliphatic carbocycles. The molecule has 1 N–H and O–H groups in total. The van der Waals surface area contributed by atoms with E-state index >= 15 is 0 Å². The van der Waals surface area contributed by atoms with Gasteiger partial charge in [-0.05, 0) is 39.0 Å². The Morgan fingerprint density at radius 2 is 1.64 bits per heavy atom. The lowest BCUT2D eigenvalue weighted by molar-refractivity contribution is -0.266. The first kappa shape index (κ1) is 18.9. The minimum Gasteiger partial charge on any atom is -0.348 e. The summed E-state index contributed by atoms with van der Waals surface area (Å²) in [6, 6.07) is 0. The van der Waals surface area contributed by atoms with Gasteiger partial charge in [-0.3, -0.25) is 9.59 Å². The number of nitrogens with one attached hydrogen (secondary N) is 1. The van der Waals surface area contributed by atoms with E-state index in [1.165, 1.54) is 0 Å². The number of rotatable bonds is 4. The number of fused-ring (bicyclic) bond motifs is 2. The van der Waals surface area contributed by atoms with Gasteiger partial charge in [-0.25, -0.2) is 13.1 Å². The number of ether oxygens (including phenoxy) is 2. The molecule has 1 heterocycles. The molecule has 1 aliphatic heterocycles. The molecular formula is C17H27NO6S. The summed E-state index contributed by atoms with van der Waals surface area (Å²) in [5, 5.41) is 0. The normalized spacial score (nSPS) is 36.0. The van der Waals surface area contributed by atoms with Gasteiger partial charge in [-0.1, -0.05) is 13.8 Å². The maximum absolute atomic E-state index is 12.9. The highest BCUT2D eigenvalue weighted by atomic mass is 32.2. The van der Waals surface area contributed by atoms with Crippen molar-refractivity contribution in [3.8, 4) is 0 Å². The fraction of sp³-hybridized carbons (Fsp3) is 0.882. The lowest BCUT2D eigenvalue weighted by Gasteiger charge is -2.42. The molecule has 1 saturated heterocycles. The van der Waals surface area contributed by atoms with Gasteiger partial charge in [0.1, 0.15) is 0 Å². The number of carbonyl (C=O) groups is 2. The lowest BCUT2D eigenvalue weighted by Crippen LogP contribution is -2.60. The van der Waals surface area contributed by atoms with Gasteiger partial charge in [0.15, 0.2) is 5.79 Å². The van der Waals surface area contributed by atoms with Crippen molar-refractivity contribution >= 4 is 21.6 Å². The molecule has 25 heavy (non-hydrogen) atoms. The van der Waals surface area contributed by atoms with Crippen LogP contribution in [-0.2, 0) is 29.1 Å². The molecular weight excluding hydrogens is 346 g/mol. The first-order valence-electron chi connectivity index (χ1n) is 8.62. The Labute approximate surface area is 148 Å². The van der Waals surface area contributed by atoms with Crippen molar-refractivity contribution in [2.75, 3.05) is 19.0 Å². The number of hydrogen-bond donors (Lipinski definition) is 1. The summed E-state index contributed by atoms with van der Waals surface area (Å²) in [5.41, 5.74) is -2.68. The fourth-order valence-electron chi connectivity index (χ4n) is 4.53. The molecule has 2 bridgehead atoms. The Morgan fingerprint density at radius 1 is 1.08 bits per heavy atom. The highest BCUT2D eigenvalue weighted by molar-refractivity contribution is 7.89. The van der Waals surface area contributed by atoms with E-state index in [1.54, 1.807) is 20.8 Å². The third-order valence-corrected chi connectivity index (χ3v) is 7.93. The Morgan fingerprint density at radius 3 is 2.12 bits per heavy atom. The topological polar surface area (TPSA) is 98.8 Å². The molecule has 3 rings (SSSR count). The van der Waals surface area contributed by atoms with E-state index in [0.29, 0.717) is 12.8 Å². The van der Waals surface area contributed by atoms with Crippen LogP contribution in [0.15, 0.2) is 0 Å². The van der Waals surface area contributed by atoms with E-state index in [-0.39, 0.29) is 24.9 Å². The van der Waals surface area contributed by atoms with Gasteiger partial charge in [0.05, 0.1) is 29.9 Å². The quantitative estimate of drug-likeness (QED) is 0.739. The van der Waals surface area contributed by atoms with Crippen LogP contribution in [0.3, 0.4) is 0 Å². The summed E-state index contributed by atoms with van der Waals surface area (Å²) < 4.78 is 39.5. The maximum atomic E-state index is 12.9. The molecule has 2 unspecified atom stereocenters. The predicted octanol–water partition coefficient (Wildman–Crippen LogP) is 1.02. The Hall–Kier alpha value is -0.830. The van der Waals surface area contributed by atoms with E-state index in [0.717, 1.165) is 0 Å². The number of Topliss-reactive ketones (excluding diaryl/α,β-unsaturated/α-hetero) is 2. The van der Waals surface area contributed by atoms with Gasteiger partial charge in [-0.15, -0.1) is 0 Å². The van der Waals surface area contributed by atoms with Crippen LogP contribution in [0.25, 0.3) is 0 Å². The molecule has 0 spiro atoms. The van der Waals surface area contributed by atoms with E-state index in [1.807, 2.05) is 13.8 Å². The molecule has 0 radical (unpaired) electrons. The minimum atomic E-state index is -3.81. The van der Waals surface area contributed by atoms with E-state index in [4.69, 9.17) is 9.47 Å². The largest absolute Gasteiger partial charge is 0.348 e. The standard InChI is InChI=1S/C17H27NO6S/c1-14(2)11-6-7-17(14,13(20)12(11)19)10-25(21,22)18-16(5)8-23-15(3,4)24-9-16/h11,18H,6-10H2,1-5H3. The molecule has 3 aliphatic rings.